The maximum absolute atomic E-state index is 13.4. The molecule has 47 heavy (non-hydrogen) atoms. The summed E-state index contributed by atoms with van der Waals surface area (Å²) in [4.78, 5) is 30.1. The molecule has 9 nitrogen and oxygen atoms in total. The first-order valence-electron chi connectivity index (χ1n) is 16.6. The summed E-state index contributed by atoms with van der Waals surface area (Å²) in [6.07, 6.45) is 7.96. The Morgan fingerprint density at radius 3 is 2.38 bits per heavy atom. The summed E-state index contributed by atoms with van der Waals surface area (Å²) in [6.45, 7) is 7.52. The Balaban J connectivity index is 1.33. The fraction of sp³-hybridized carbons (Fsp3) is 0.421. The van der Waals surface area contributed by atoms with Gasteiger partial charge in [0.15, 0.2) is 0 Å². The topological polar surface area (TPSA) is 106 Å². The second-order valence-electron chi connectivity index (χ2n) is 12.0. The van der Waals surface area contributed by atoms with Crippen molar-refractivity contribution >= 4 is 29.7 Å². The zero-order chi connectivity index (χ0) is 33.4. The molecule has 1 heterocycles. The van der Waals surface area contributed by atoms with E-state index in [0.29, 0.717) is 49.8 Å². The Kier molecular flexibility index (Phi) is 14.3. The monoisotopic (exact) mass is 642 g/mol. The first-order valence-corrected chi connectivity index (χ1v) is 16.6. The minimum Gasteiger partial charge on any atom is -0.493 e. The van der Waals surface area contributed by atoms with Crippen molar-refractivity contribution in [2.75, 3.05) is 65.4 Å². The predicted molar refractivity (Wildman–Crippen MR) is 189 cm³/mol. The molecule has 0 spiro atoms. The molecule has 3 aromatic rings. The van der Waals surface area contributed by atoms with Gasteiger partial charge in [-0.3, -0.25) is 9.59 Å². The quantitative estimate of drug-likeness (QED) is 0.137. The number of piperazine rings is 1. The number of carbonyl (C=O) groups excluding carboxylic acids is 2. The largest absolute Gasteiger partial charge is 0.493 e. The number of amides is 2. The fourth-order valence-electron chi connectivity index (χ4n) is 5.38. The number of rotatable bonds is 17. The van der Waals surface area contributed by atoms with E-state index < -0.39 is 0 Å². The van der Waals surface area contributed by atoms with Crippen molar-refractivity contribution in [2.24, 2.45) is 5.73 Å². The molecule has 0 aromatic heterocycles. The Morgan fingerprint density at radius 2 is 1.60 bits per heavy atom. The first-order chi connectivity index (χ1) is 22.9. The molecule has 1 fully saturated rings. The van der Waals surface area contributed by atoms with Crippen LogP contribution < -0.4 is 20.5 Å². The fourth-order valence-corrected chi connectivity index (χ4v) is 5.38. The number of hydrogen-bond acceptors (Lipinski definition) is 7. The molecule has 0 unspecified atom stereocenters. The Labute approximate surface area is 279 Å². The van der Waals surface area contributed by atoms with E-state index in [4.69, 9.17) is 19.9 Å². The van der Waals surface area contributed by atoms with Crippen LogP contribution in [0.1, 0.15) is 64.7 Å². The summed E-state index contributed by atoms with van der Waals surface area (Å²) < 4.78 is 17.5. The highest BCUT2D eigenvalue weighted by molar-refractivity contribution is 6.05. The van der Waals surface area contributed by atoms with E-state index >= 15 is 0 Å². The summed E-state index contributed by atoms with van der Waals surface area (Å²) in [5.41, 5.74) is 10.6. The molecule has 0 atom stereocenters. The molecule has 0 aliphatic carbocycles. The average molecular weight is 643 g/mol. The lowest BCUT2D eigenvalue weighted by Gasteiger charge is -2.32. The highest BCUT2D eigenvalue weighted by atomic mass is 16.5. The minimum atomic E-state index is -0.229. The van der Waals surface area contributed by atoms with Crippen molar-refractivity contribution in [2.45, 2.75) is 45.6 Å². The van der Waals surface area contributed by atoms with Gasteiger partial charge in [0, 0.05) is 50.8 Å². The van der Waals surface area contributed by atoms with E-state index in [1.165, 1.54) is 0 Å². The van der Waals surface area contributed by atoms with Crippen molar-refractivity contribution in [3.8, 4) is 11.5 Å². The number of anilines is 1. The smallest absolute Gasteiger partial charge is 0.255 e. The van der Waals surface area contributed by atoms with Crippen molar-refractivity contribution in [3.63, 3.8) is 0 Å². The van der Waals surface area contributed by atoms with Gasteiger partial charge in [-0.15, -0.1) is 0 Å². The molecule has 0 radical (unpaired) electrons. The number of nitrogens with zero attached hydrogens (tertiary/aromatic N) is 2. The zero-order valence-corrected chi connectivity index (χ0v) is 28.1. The van der Waals surface area contributed by atoms with Crippen molar-refractivity contribution in [1.29, 1.82) is 0 Å². The van der Waals surface area contributed by atoms with E-state index in [0.717, 1.165) is 79.9 Å². The maximum atomic E-state index is 13.4. The molecule has 0 bridgehead atoms. The molecule has 3 N–H and O–H groups in total. The molecule has 1 aliphatic heterocycles. The number of nitrogens with two attached hydrogens (primary N) is 1. The number of methoxy groups -OCH3 is 1. The molecule has 0 saturated carbocycles. The second-order valence-corrected chi connectivity index (χ2v) is 12.0. The third-order valence-corrected chi connectivity index (χ3v) is 8.21. The van der Waals surface area contributed by atoms with E-state index in [2.05, 4.69) is 17.3 Å². The van der Waals surface area contributed by atoms with Gasteiger partial charge in [-0.2, -0.15) is 0 Å². The Morgan fingerprint density at radius 1 is 0.851 bits per heavy atom. The van der Waals surface area contributed by atoms with E-state index in [1.807, 2.05) is 84.6 Å². The number of aryl methyl sites for hydroxylation is 1. The third kappa shape index (κ3) is 11.2. The minimum absolute atomic E-state index is 0.229. The summed E-state index contributed by atoms with van der Waals surface area (Å²) >= 11 is 0. The molecule has 1 aliphatic rings. The average Bonchev–Trinajstić information content (AvgIpc) is 3.07. The summed E-state index contributed by atoms with van der Waals surface area (Å²) in [5.74, 6) is 1.45. The zero-order valence-electron chi connectivity index (χ0n) is 28.1. The van der Waals surface area contributed by atoms with Crippen LogP contribution in [0.3, 0.4) is 0 Å². The van der Waals surface area contributed by atoms with Gasteiger partial charge in [-0.25, -0.2) is 0 Å². The normalized spacial score (nSPS) is 13.6. The lowest BCUT2D eigenvalue weighted by atomic mass is 10.0. The van der Waals surface area contributed by atoms with Crippen LogP contribution in [0.15, 0.2) is 60.7 Å². The van der Waals surface area contributed by atoms with Gasteiger partial charge in [0.05, 0.1) is 25.5 Å². The van der Waals surface area contributed by atoms with Crippen LogP contribution in [0.25, 0.3) is 12.2 Å². The first kappa shape index (κ1) is 35.7. The number of benzene rings is 3. The molecule has 2 amide bonds. The van der Waals surface area contributed by atoms with Gasteiger partial charge in [0.1, 0.15) is 11.5 Å². The van der Waals surface area contributed by atoms with Crippen molar-refractivity contribution < 1.29 is 23.8 Å². The van der Waals surface area contributed by atoms with Gasteiger partial charge in [-0.05, 0) is 93.2 Å². The van der Waals surface area contributed by atoms with Crippen LogP contribution >= 0.6 is 0 Å². The predicted octanol–water partition coefficient (Wildman–Crippen LogP) is 6.00. The highest BCUT2D eigenvalue weighted by Gasteiger charge is 2.18. The number of nitrogens with one attached hydrogen (secondary N) is 1. The highest BCUT2D eigenvalue weighted by Crippen LogP contribution is 2.28. The van der Waals surface area contributed by atoms with E-state index in [-0.39, 0.29) is 11.8 Å². The maximum Gasteiger partial charge on any atom is 0.255 e. The Bertz CT molecular complexity index is 1480. The summed E-state index contributed by atoms with van der Waals surface area (Å²) in [7, 11) is 3.73. The lowest BCUT2D eigenvalue weighted by Crippen LogP contribution is -2.47. The second kappa shape index (κ2) is 18.8. The SMILES string of the molecule is COCc1cc(C(=O)Nc2ccc(C)cc2OCCCCCC(=O)N2CCN(C)CC2)ccc1C=Cc1ccccc1OCCCN. The number of ether oxygens (including phenoxy) is 3. The van der Waals surface area contributed by atoms with Crippen LogP contribution in [-0.4, -0.2) is 81.7 Å². The van der Waals surface area contributed by atoms with Gasteiger partial charge in [0.25, 0.3) is 5.91 Å². The van der Waals surface area contributed by atoms with Crippen molar-refractivity contribution in [1.82, 2.24) is 9.80 Å². The molecule has 9 heteroatoms. The van der Waals surface area contributed by atoms with Crippen LogP contribution in [0.2, 0.25) is 0 Å². The van der Waals surface area contributed by atoms with E-state index in [1.54, 1.807) is 7.11 Å². The van der Waals surface area contributed by atoms with Crippen LogP contribution in [0.5, 0.6) is 11.5 Å². The van der Waals surface area contributed by atoms with Crippen LogP contribution in [0, 0.1) is 6.92 Å². The Hall–Kier alpha value is -4.18. The lowest BCUT2D eigenvalue weighted by molar-refractivity contribution is -0.132. The number of hydrogen-bond donors (Lipinski definition) is 2. The summed E-state index contributed by atoms with van der Waals surface area (Å²) in [5, 5.41) is 3.04. The molecule has 252 valence electrons. The van der Waals surface area contributed by atoms with Gasteiger partial charge in [0.2, 0.25) is 5.91 Å². The molecular weight excluding hydrogens is 592 g/mol. The van der Waals surface area contributed by atoms with Gasteiger partial charge < -0.3 is 35.1 Å². The van der Waals surface area contributed by atoms with Gasteiger partial charge in [-0.1, -0.05) is 42.5 Å². The number of carbonyl (C=O) groups is 2. The third-order valence-electron chi connectivity index (χ3n) is 8.21. The van der Waals surface area contributed by atoms with E-state index in [9.17, 15) is 9.59 Å². The summed E-state index contributed by atoms with van der Waals surface area (Å²) in [6, 6.07) is 19.2. The van der Waals surface area contributed by atoms with Crippen molar-refractivity contribution in [3.05, 3.63) is 88.5 Å². The standard InChI is InChI=1S/C38H50N4O5/c1-29-13-18-34(36(26-29)47-24-8-4-5-12-37(43)42-22-20-41(2)21-23-42)40-38(44)32-17-15-30(33(27-32)28-45-3)14-16-31-10-6-7-11-35(31)46-25-9-19-39/h6-7,10-11,13-18,26-27H,4-5,8-9,12,19-25,28,39H2,1-3H3,(H,40,44). The molecule has 4 rings (SSSR count). The molecule has 3 aromatic carbocycles. The number of unbranched alkanes of at least 4 members (excludes halogenated alkanes) is 2. The molecule has 1 saturated heterocycles. The van der Waals surface area contributed by atoms with Crippen LogP contribution in [-0.2, 0) is 16.1 Å². The van der Waals surface area contributed by atoms with Crippen LogP contribution in [0.4, 0.5) is 5.69 Å². The van der Waals surface area contributed by atoms with Gasteiger partial charge >= 0.3 is 0 Å². The molecular formula is C38H50N4O5. The number of likely N-dealkylation sites (N-methyl/N-ethyl adjacent to an activating group) is 1. The number of para-hydroxylation sites is 1.